The summed E-state index contributed by atoms with van der Waals surface area (Å²) in [6.45, 7) is 7.65. The van der Waals surface area contributed by atoms with E-state index in [9.17, 15) is 9.59 Å². The predicted octanol–water partition coefficient (Wildman–Crippen LogP) is 3.78. The summed E-state index contributed by atoms with van der Waals surface area (Å²) in [4.78, 5) is 25.5. The highest BCUT2D eigenvalue weighted by Crippen LogP contribution is 2.42. The van der Waals surface area contributed by atoms with E-state index in [1.54, 1.807) is 0 Å². The Kier molecular flexibility index (Phi) is 6.45. The fourth-order valence-corrected chi connectivity index (χ4v) is 3.62. The molecule has 1 heterocycles. The molecule has 2 rings (SSSR count). The zero-order valence-electron chi connectivity index (χ0n) is 16.5. The fraction of sp³-hybridized carbons (Fsp3) is 0.619. The van der Waals surface area contributed by atoms with Crippen molar-refractivity contribution in [3.63, 3.8) is 0 Å². The molecule has 1 aliphatic rings. The SMILES string of the molecule is CCCC[C@]1(C(=O)OC)C[C@@H](C(=O)OC(C)(C)C)[C@@H](c2ccccc2)N1. The number of carbonyl (C=O) groups is 2. The molecular weight excluding hydrogens is 330 g/mol. The standard InChI is InChI=1S/C21H31NO4/c1-6-7-13-21(19(24)25-5)14-16(18(23)26-20(2,3)4)17(22-21)15-11-9-8-10-12-15/h8-12,16-17,22H,6-7,13-14H2,1-5H3/t16-,17-,21-/m1/s1. The lowest BCUT2D eigenvalue weighted by Gasteiger charge is -2.27. The van der Waals surface area contributed by atoms with Crippen LogP contribution in [-0.2, 0) is 19.1 Å². The second-order valence-corrected chi connectivity index (χ2v) is 8.05. The van der Waals surface area contributed by atoms with Gasteiger partial charge in [0.05, 0.1) is 13.0 Å². The highest BCUT2D eigenvalue weighted by Gasteiger charge is 2.53. The summed E-state index contributed by atoms with van der Waals surface area (Å²) < 4.78 is 10.7. The lowest BCUT2D eigenvalue weighted by atomic mass is 9.86. The first-order valence-corrected chi connectivity index (χ1v) is 9.36. The van der Waals surface area contributed by atoms with E-state index in [-0.39, 0.29) is 18.0 Å². The van der Waals surface area contributed by atoms with Gasteiger partial charge in [-0.05, 0) is 39.2 Å². The molecule has 0 saturated carbocycles. The molecule has 1 fully saturated rings. The van der Waals surface area contributed by atoms with Crippen LogP contribution in [0.2, 0.25) is 0 Å². The van der Waals surface area contributed by atoms with Crippen molar-refractivity contribution < 1.29 is 19.1 Å². The molecule has 0 aromatic heterocycles. The maximum absolute atomic E-state index is 12.9. The van der Waals surface area contributed by atoms with Gasteiger partial charge in [0.1, 0.15) is 11.1 Å². The topological polar surface area (TPSA) is 64.6 Å². The number of unbranched alkanes of at least 4 members (excludes halogenated alkanes) is 1. The van der Waals surface area contributed by atoms with E-state index in [1.165, 1.54) is 7.11 Å². The number of hydrogen-bond acceptors (Lipinski definition) is 5. The van der Waals surface area contributed by atoms with Crippen molar-refractivity contribution >= 4 is 11.9 Å². The zero-order valence-corrected chi connectivity index (χ0v) is 16.5. The van der Waals surface area contributed by atoms with Crippen LogP contribution in [0, 0.1) is 5.92 Å². The minimum Gasteiger partial charge on any atom is -0.468 e. The van der Waals surface area contributed by atoms with Gasteiger partial charge in [-0.3, -0.25) is 14.9 Å². The minimum absolute atomic E-state index is 0.276. The molecule has 1 aromatic carbocycles. The van der Waals surface area contributed by atoms with Crippen LogP contribution in [0.3, 0.4) is 0 Å². The number of carbonyl (C=O) groups excluding carboxylic acids is 2. The Labute approximate surface area is 156 Å². The molecular formula is C21H31NO4. The molecule has 1 saturated heterocycles. The van der Waals surface area contributed by atoms with Gasteiger partial charge < -0.3 is 9.47 Å². The van der Waals surface area contributed by atoms with E-state index in [0.29, 0.717) is 12.8 Å². The molecule has 1 aromatic rings. The number of esters is 2. The van der Waals surface area contributed by atoms with Crippen LogP contribution in [0.25, 0.3) is 0 Å². The van der Waals surface area contributed by atoms with Crippen molar-refractivity contribution in [3.05, 3.63) is 35.9 Å². The van der Waals surface area contributed by atoms with Gasteiger partial charge in [-0.25, -0.2) is 0 Å². The minimum atomic E-state index is -0.854. The van der Waals surface area contributed by atoms with Gasteiger partial charge in [0.15, 0.2) is 0 Å². The Hall–Kier alpha value is -1.88. The highest BCUT2D eigenvalue weighted by atomic mass is 16.6. The number of methoxy groups -OCH3 is 1. The first-order chi connectivity index (χ1) is 12.2. The number of benzene rings is 1. The van der Waals surface area contributed by atoms with Gasteiger partial charge in [-0.1, -0.05) is 50.1 Å². The van der Waals surface area contributed by atoms with Crippen LogP contribution in [0.1, 0.15) is 65.0 Å². The molecule has 3 atom stereocenters. The van der Waals surface area contributed by atoms with Gasteiger partial charge in [0.2, 0.25) is 0 Å². The van der Waals surface area contributed by atoms with Crippen molar-refractivity contribution in [2.75, 3.05) is 7.11 Å². The lowest BCUT2D eigenvalue weighted by Crippen LogP contribution is -2.48. The molecule has 1 aliphatic heterocycles. The first-order valence-electron chi connectivity index (χ1n) is 9.36. The van der Waals surface area contributed by atoms with Crippen molar-refractivity contribution in [1.82, 2.24) is 5.32 Å². The fourth-order valence-electron chi connectivity index (χ4n) is 3.62. The van der Waals surface area contributed by atoms with Crippen molar-refractivity contribution in [1.29, 1.82) is 0 Å². The van der Waals surface area contributed by atoms with Crippen LogP contribution < -0.4 is 5.32 Å². The van der Waals surface area contributed by atoms with Gasteiger partial charge in [-0.15, -0.1) is 0 Å². The smallest absolute Gasteiger partial charge is 0.326 e. The molecule has 0 amide bonds. The molecule has 1 N–H and O–H groups in total. The molecule has 0 unspecified atom stereocenters. The first kappa shape index (κ1) is 20.4. The van der Waals surface area contributed by atoms with E-state index in [1.807, 2.05) is 51.1 Å². The Morgan fingerprint density at radius 1 is 1.23 bits per heavy atom. The monoisotopic (exact) mass is 361 g/mol. The summed E-state index contributed by atoms with van der Waals surface area (Å²) in [6, 6.07) is 9.48. The highest BCUT2D eigenvalue weighted by molar-refractivity contribution is 5.84. The Morgan fingerprint density at radius 2 is 1.88 bits per heavy atom. The third-order valence-corrected chi connectivity index (χ3v) is 4.80. The van der Waals surface area contributed by atoms with Crippen molar-refractivity contribution in [2.45, 2.75) is 70.6 Å². The quantitative estimate of drug-likeness (QED) is 0.781. The van der Waals surface area contributed by atoms with Gasteiger partial charge in [-0.2, -0.15) is 0 Å². The van der Waals surface area contributed by atoms with Crippen LogP contribution >= 0.6 is 0 Å². The zero-order chi connectivity index (χ0) is 19.4. The Balaban J connectivity index is 2.38. The molecule has 0 bridgehead atoms. The maximum Gasteiger partial charge on any atom is 0.326 e. The van der Waals surface area contributed by atoms with Crippen LogP contribution in [-0.4, -0.2) is 30.2 Å². The van der Waals surface area contributed by atoms with E-state index >= 15 is 0 Å². The van der Waals surface area contributed by atoms with Crippen molar-refractivity contribution in [2.24, 2.45) is 5.92 Å². The second-order valence-electron chi connectivity index (χ2n) is 8.05. The summed E-state index contributed by atoms with van der Waals surface area (Å²) in [5.41, 5.74) is -0.448. The van der Waals surface area contributed by atoms with Crippen LogP contribution in [0.4, 0.5) is 0 Å². The lowest BCUT2D eigenvalue weighted by molar-refractivity contribution is -0.160. The van der Waals surface area contributed by atoms with E-state index in [2.05, 4.69) is 12.2 Å². The largest absolute Gasteiger partial charge is 0.468 e. The molecule has 5 heteroatoms. The van der Waals surface area contributed by atoms with Gasteiger partial charge in [0, 0.05) is 6.04 Å². The average molecular weight is 361 g/mol. The van der Waals surface area contributed by atoms with E-state index in [4.69, 9.17) is 9.47 Å². The summed E-state index contributed by atoms with van der Waals surface area (Å²) in [7, 11) is 1.40. The molecule has 0 radical (unpaired) electrons. The molecule has 26 heavy (non-hydrogen) atoms. The van der Waals surface area contributed by atoms with Crippen molar-refractivity contribution in [3.8, 4) is 0 Å². The summed E-state index contributed by atoms with van der Waals surface area (Å²) in [5.74, 6) is -1.02. The van der Waals surface area contributed by atoms with E-state index < -0.39 is 17.1 Å². The Morgan fingerprint density at radius 3 is 2.42 bits per heavy atom. The summed E-state index contributed by atoms with van der Waals surface area (Å²) >= 11 is 0. The van der Waals surface area contributed by atoms with Gasteiger partial charge in [0.25, 0.3) is 0 Å². The number of rotatable bonds is 6. The third kappa shape index (κ3) is 4.64. The number of nitrogens with one attached hydrogen (secondary N) is 1. The number of ether oxygens (including phenoxy) is 2. The molecule has 5 nitrogen and oxygen atoms in total. The molecule has 144 valence electrons. The van der Waals surface area contributed by atoms with Crippen LogP contribution in [0.15, 0.2) is 30.3 Å². The maximum atomic E-state index is 12.9. The third-order valence-electron chi connectivity index (χ3n) is 4.80. The van der Waals surface area contributed by atoms with Gasteiger partial charge >= 0.3 is 11.9 Å². The van der Waals surface area contributed by atoms with E-state index in [0.717, 1.165) is 18.4 Å². The molecule has 0 spiro atoms. The normalized spacial score (nSPS) is 25.7. The summed E-state index contributed by atoms with van der Waals surface area (Å²) in [5, 5.41) is 3.45. The average Bonchev–Trinajstić information content (AvgIpc) is 3.00. The predicted molar refractivity (Wildman–Crippen MR) is 101 cm³/mol. The molecule has 0 aliphatic carbocycles. The summed E-state index contributed by atoms with van der Waals surface area (Å²) in [6.07, 6.45) is 2.87. The second kappa shape index (κ2) is 8.21. The Bertz CT molecular complexity index is 623. The number of hydrogen-bond donors (Lipinski definition) is 1. The van der Waals surface area contributed by atoms with Crippen LogP contribution in [0.5, 0.6) is 0 Å².